The largest absolute Gasteiger partial charge is 0.449 e. The minimum atomic E-state index is -1.53. The summed E-state index contributed by atoms with van der Waals surface area (Å²) in [4.78, 5) is 4.23. The number of aliphatic hydroxyl groups excluding tert-OH is 1. The number of aliphatic hydroxyl groups is 2. The second-order valence-electron chi connectivity index (χ2n) is 7.40. The molecule has 1 saturated heterocycles. The van der Waals surface area contributed by atoms with E-state index in [0.29, 0.717) is 18.7 Å². The molecule has 2 N–H and O–H groups in total. The summed E-state index contributed by atoms with van der Waals surface area (Å²) in [5.74, 6) is 1.40. The summed E-state index contributed by atoms with van der Waals surface area (Å²) < 4.78 is 21.9. The van der Waals surface area contributed by atoms with E-state index in [1.54, 1.807) is 20.3 Å². The van der Waals surface area contributed by atoms with E-state index in [9.17, 15) is 10.2 Å². The van der Waals surface area contributed by atoms with Gasteiger partial charge in [-0.1, -0.05) is 23.8 Å². The number of hydrogen-bond donors (Lipinski definition) is 2. The molecule has 7 heteroatoms. The number of terminal acetylenes is 1. The van der Waals surface area contributed by atoms with Crippen LogP contribution < -0.4 is 0 Å². The molecule has 0 amide bonds. The van der Waals surface area contributed by atoms with E-state index >= 15 is 0 Å². The van der Waals surface area contributed by atoms with Crippen LogP contribution in [0, 0.1) is 19.3 Å². The van der Waals surface area contributed by atoms with Gasteiger partial charge in [0.1, 0.15) is 6.26 Å². The van der Waals surface area contributed by atoms with Crippen LogP contribution in [-0.4, -0.2) is 59.6 Å². The molecule has 1 aliphatic rings. The van der Waals surface area contributed by atoms with Crippen LogP contribution in [0.25, 0.3) is 0 Å². The lowest BCUT2D eigenvalue weighted by Crippen LogP contribution is -2.51. The van der Waals surface area contributed by atoms with Gasteiger partial charge < -0.3 is 28.8 Å². The summed E-state index contributed by atoms with van der Waals surface area (Å²) in [6.45, 7) is 3.67. The number of ether oxygens (including phenoxy) is 3. The number of oxazole rings is 1. The van der Waals surface area contributed by atoms with E-state index in [2.05, 4.69) is 10.9 Å². The Bertz CT molecular complexity index is 749. The van der Waals surface area contributed by atoms with Crippen molar-refractivity contribution >= 4 is 0 Å². The van der Waals surface area contributed by atoms with Gasteiger partial charge in [0.15, 0.2) is 11.7 Å². The summed E-state index contributed by atoms with van der Waals surface area (Å²) in [6, 6.07) is 0. The Kier molecular flexibility index (Phi) is 8.62. The average molecular weight is 405 g/mol. The third-order valence-corrected chi connectivity index (χ3v) is 4.85. The van der Waals surface area contributed by atoms with Crippen LogP contribution in [0.3, 0.4) is 0 Å². The smallest absolute Gasteiger partial charge is 0.199 e. The molecule has 0 bridgehead atoms. The first-order chi connectivity index (χ1) is 13.8. The summed E-state index contributed by atoms with van der Waals surface area (Å²) in [6.07, 6.45) is 11.5. The fourth-order valence-electron chi connectivity index (χ4n) is 3.34. The van der Waals surface area contributed by atoms with Gasteiger partial charge in [-0.15, -0.1) is 12.3 Å². The van der Waals surface area contributed by atoms with Gasteiger partial charge in [0.05, 0.1) is 36.5 Å². The van der Waals surface area contributed by atoms with Crippen LogP contribution in [0.4, 0.5) is 0 Å². The molecule has 0 spiro atoms. The van der Waals surface area contributed by atoms with Crippen molar-refractivity contribution in [1.82, 2.24) is 4.98 Å². The zero-order valence-electron chi connectivity index (χ0n) is 17.5. The lowest BCUT2D eigenvalue weighted by molar-refractivity contribution is -0.286. The number of aryl methyl sites for hydroxylation is 1. The Morgan fingerprint density at radius 3 is 2.86 bits per heavy atom. The Morgan fingerprint density at radius 1 is 1.52 bits per heavy atom. The highest BCUT2D eigenvalue weighted by atomic mass is 16.6. The molecule has 7 nitrogen and oxygen atoms in total. The zero-order chi connectivity index (χ0) is 21.4. The molecule has 0 saturated carbocycles. The standard InChI is InChI=1S/C22H31NO6/c1-6-7-17(26-4)9-8-15(2)10-19(24)20-11-18(27-5)12-22(25,29-20)13-21-23-16(3)14-28-21/h1,8-10,14,17-20,24-25H,7,11-13H2,2-5H3/b9-8+,15-10+/t17-,18+,19+,20+,22-/m0/s1. The minimum absolute atomic E-state index is 0.0775. The molecule has 1 fully saturated rings. The highest BCUT2D eigenvalue weighted by Gasteiger charge is 2.43. The molecule has 5 atom stereocenters. The van der Waals surface area contributed by atoms with Crippen molar-refractivity contribution in [2.45, 2.75) is 69.7 Å². The summed E-state index contributed by atoms with van der Waals surface area (Å²) in [7, 11) is 3.17. The fraction of sp³-hybridized carbons (Fsp3) is 0.591. The van der Waals surface area contributed by atoms with Crippen molar-refractivity contribution in [2.24, 2.45) is 0 Å². The van der Waals surface area contributed by atoms with Gasteiger partial charge in [0.25, 0.3) is 0 Å². The number of rotatable bonds is 9. The molecule has 1 aromatic heterocycles. The lowest BCUT2D eigenvalue weighted by Gasteiger charge is -2.41. The normalized spacial score (nSPS) is 27.7. The Morgan fingerprint density at radius 2 is 2.28 bits per heavy atom. The molecule has 29 heavy (non-hydrogen) atoms. The fourth-order valence-corrected chi connectivity index (χ4v) is 3.34. The molecule has 0 aromatic carbocycles. The van der Waals surface area contributed by atoms with Gasteiger partial charge in [-0.2, -0.15) is 0 Å². The number of allylic oxidation sites excluding steroid dienone is 2. The summed E-state index contributed by atoms with van der Waals surface area (Å²) >= 11 is 0. The van der Waals surface area contributed by atoms with Gasteiger partial charge in [0, 0.05) is 33.5 Å². The van der Waals surface area contributed by atoms with Crippen molar-refractivity contribution in [2.75, 3.05) is 14.2 Å². The maximum atomic E-state index is 11.0. The molecular weight excluding hydrogens is 374 g/mol. The van der Waals surface area contributed by atoms with Crippen LogP contribution in [-0.2, 0) is 20.6 Å². The first-order valence-electron chi connectivity index (χ1n) is 9.63. The Labute approximate surface area is 172 Å². The Balaban J connectivity index is 2.08. The van der Waals surface area contributed by atoms with E-state index in [4.69, 9.17) is 25.1 Å². The monoisotopic (exact) mass is 405 g/mol. The SMILES string of the molecule is C#CC[C@@H](/C=C/C(C)=C/[C@@H](O)[C@H]1C[C@@H](OC)C[C@@](O)(Cc2nc(C)co2)O1)OC. The first-order valence-corrected chi connectivity index (χ1v) is 9.63. The van der Waals surface area contributed by atoms with Crippen molar-refractivity contribution < 1.29 is 28.8 Å². The zero-order valence-corrected chi connectivity index (χ0v) is 17.5. The van der Waals surface area contributed by atoms with E-state index in [0.717, 1.165) is 11.3 Å². The van der Waals surface area contributed by atoms with Gasteiger partial charge in [-0.05, 0) is 13.8 Å². The number of hydrogen-bond acceptors (Lipinski definition) is 7. The van der Waals surface area contributed by atoms with Gasteiger partial charge >= 0.3 is 0 Å². The van der Waals surface area contributed by atoms with Gasteiger partial charge in [-0.3, -0.25) is 0 Å². The van der Waals surface area contributed by atoms with E-state index < -0.39 is 18.0 Å². The summed E-state index contributed by atoms with van der Waals surface area (Å²) in [5, 5.41) is 21.7. The number of methoxy groups -OCH3 is 2. The van der Waals surface area contributed by atoms with Crippen molar-refractivity contribution in [3.63, 3.8) is 0 Å². The number of aromatic nitrogens is 1. The highest BCUT2D eigenvalue weighted by molar-refractivity contribution is 5.20. The van der Waals surface area contributed by atoms with Crippen LogP contribution in [0.5, 0.6) is 0 Å². The molecule has 160 valence electrons. The average Bonchev–Trinajstić information content (AvgIpc) is 3.08. The quantitative estimate of drug-likeness (QED) is 0.481. The third kappa shape index (κ3) is 7.11. The lowest BCUT2D eigenvalue weighted by atomic mass is 9.93. The van der Waals surface area contributed by atoms with Gasteiger partial charge in [0.2, 0.25) is 0 Å². The molecule has 1 aromatic rings. The van der Waals surface area contributed by atoms with Crippen molar-refractivity contribution in [3.8, 4) is 12.3 Å². The molecular formula is C22H31NO6. The predicted octanol–water partition coefficient (Wildman–Crippen LogP) is 2.31. The van der Waals surface area contributed by atoms with Gasteiger partial charge in [-0.25, -0.2) is 4.98 Å². The van der Waals surface area contributed by atoms with E-state index in [-0.39, 0.29) is 25.0 Å². The maximum Gasteiger partial charge on any atom is 0.199 e. The molecule has 0 aliphatic carbocycles. The summed E-state index contributed by atoms with van der Waals surface area (Å²) in [5.41, 5.74) is 1.55. The van der Waals surface area contributed by atoms with Crippen LogP contribution in [0.1, 0.15) is 37.8 Å². The maximum absolute atomic E-state index is 11.0. The van der Waals surface area contributed by atoms with E-state index in [1.165, 1.54) is 6.26 Å². The molecule has 2 heterocycles. The third-order valence-electron chi connectivity index (χ3n) is 4.85. The Hall–Kier alpha value is -1.95. The topological polar surface area (TPSA) is 94.2 Å². The van der Waals surface area contributed by atoms with Crippen molar-refractivity contribution in [3.05, 3.63) is 41.6 Å². The number of nitrogens with zero attached hydrogens (tertiary/aromatic N) is 1. The molecule has 0 radical (unpaired) electrons. The van der Waals surface area contributed by atoms with Crippen molar-refractivity contribution in [1.29, 1.82) is 0 Å². The van der Waals surface area contributed by atoms with Crippen LogP contribution in [0.15, 0.2) is 34.5 Å². The predicted molar refractivity (Wildman–Crippen MR) is 108 cm³/mol. The minimum Gasteiger partial charge on any atom is -0.449 e. The second kappa shape index (κ2) is 10.7. The highest BCUT2D eigenvalue weighted by Crippen LogP contribution is 2.33. The van der Waals surface area contributed by atoms with Crippen LogP contribution in [0.2, 0.25) is 0 Å². The van der Waals surface area contributed by atoms with Crippen LogP contribution >= 0.6 is 0 Å². The second-order valence-corrected chi connectivity index (χ2v) is 7.40. The molecule has 1 aliphatic heterocycles. The molecule has 2 rings (SSSR count). The first kappa shape index (κ1) is 23.3. The molecule has 0 unspecified atom stereocenters. The van der Waals surface area contributed by atoms with E-state index in [1.807, 2.05) is 26.0 Å².